The Morgan fingerprint density at radius 3 is 2.67 bits per heavy atom. The summed E-state index contributed by atoms with van der Waals surface area (Å²) in [7, 11) is -2.93. The van der Waals surface area contributed by atoms with Crippen LogP contribution in [0.4, 0.5) is 0 Å². The van der Waals surface area contributed by atoms with Crippen LogP contribution < -0.4 is 5.32 Å². The molecule has 0 bridgehead atoms. The van der Waals surface area contributed by atoms with Crippen molar-refractivity contribution in [2.45, 2.75) is 16.4 Å². The Hall–Kier alpha value is -1.44. The van der Waals surface area contributed by atoms with Crippen LogP contribution in [-0.2, 0) is 9.84 Å². The molecule has 0 aliphatic carbocycles. The van der Waals surface area contributed by atoms with Crippen LogP contribution in [0.3, 0.4) is 0 Å². The molecule has 1 aliphatic heterocycles. The van der Waals surface area contributed by atoms with Crippen molar-refractivity contribution < 1.29 is 17.6 Å². The predicted octanol–water partition coefficient (Wildman–Crippen LogP) is 3.25. The highest BCUT2D eigenvalue weighted by Crippen LogP contribution is 2.30. The minimum atomic E-state index is -2.93. The van der Waals surface area contributed by atoms with E-state index >= 15 is 0 Å². The zero-order chi connectivity index (χ0) is 17.2. The number of furan rings is 1. The number of hydrogen-bond donors (Lipinski definition) is 1. The highest BCUT2D eigenvalue weighted by Gasteiger charge is 2.28. The molecule has 1 aliphatic rings. The molecule has 2 heterocycles. The van der Waals surface area contributed by atoms with Gasteiger partial charge < -0.3 is 9.73 Å². The second kappa shape index (κ2) is 7.21. The van der Waals surface area contributed by atoms with Gasteiger partial charge in [0.15, 0.2) is 20.7 Å². The normalized spacial score (nSPS) is 19.3. The molecule has 1 fully saturated rings. The maximum Gasteiger partial charge on any atom is 0.287 e. The van der Waals surface area contributed by atoms with Gasteiger partial charge >= 0.3 is 0 Å². The molecule has 8 heteroatoms. The lowest BCUT2D eigenvalue weighted by atomic mass is 10.1. The molecule has 1 aromatic carbocycles. The largest absolute Gasteiger partial charge is 0.444 e. The summed E-state index contributed by atoms with van der Waals surface area (Å²) in [4.78, 5) is 13.0. The van der Waals surface area contributed by atoms with Gasteiger partial charge in [-0.1, -0.05) is 23.4 Å². The third-order valence-corrected chi connectivity index (χ3v) is 6.73. The van der Waals surface area contributed by atoms with E-state index in [4.69, 9.17) is 16.0 Å². The highest BCUT2D eigenvalue weighted by atomic mass is 35.5. The molecule has 3 rings (SSSR count). The van der Waals surface area contributed by atoms with Crippen molar-refractivity contribution >= 4 is 39.1 Å². The lowest BCUT2D eigenvalue weighted by Gasteiger charge is -2.08. The van der Waals surface area contributed by atoms with E-state index in [-0.39, 0.29) is 29.1 Å². The summed E-state index contributed by atoms with van der Waals surface area (Å²) < 4.78 is 28.4. The van der Waals surface area contributed by atoms with E-state index in [2.05, 4.69) is 5.32 Å². The minimum absolute atomic E-state index is 0.0168. The third-order valence-electron chi connectivity index (χ3n) is 3.72. The number of nitrogens with one attached hydrogen (secondary N) is 1. The van der Waals surface area contributed by atoms with Gasteiger partial charge in [0.25, 0.3) is 5.91 Å². The van der Waals surface area contributed by atoms with Crippen LogP contribution in [0.25, 0.3) is 0 Å². The minimum Gasteiger partial charge on any atom is -0.444 e. The van der Waals surface area contributed by atoms with Crippen molar-refractivity contribution in [2.24, 2.45) is 5.92 Å². The van der Waals surface area contributed by atoms with E-state index in [1.54, 1.807) is 24.3 Å². The van der Waals surface area contributed by atoms with Crippen molar-refractivity contribution in [1.29, 1.82) is 0 Å². The van der Waals surface area contributed by atoms with Crippen LogP contribution in [0.2, 0.25) is 5.02 Å². The van der Waals surface area contributed by atoms with Gasteiger partial charge in [0.05, 0.1) is 11.5 Å². The zero-order valence-corrected chi connectivity index (χ0v) is 15.1. The Morgan fingerprint density at radius 2 is 2.00 bits per heavy atom. The molecule has 128 valence electrons. The summed E-state index contributed by atoms with van der Waals surface area (Å²) in [6.45, 7) is 0.346. The fraction of sp³-hybridized carbons (Fsp3) is 0.312. The molecule has 0 spiro atoms. The number of sulfone groups is 1. The second-order valence-corrected chi connectivity index (χ2v) is 9.40. The van der Waals surface area contributed by atoms with E-state index in [1.807, 2.05) is 12.1 Å². The summed E-state index contributed by atoms with van der Waals surface area (Å²) >= 11 is 7.24. The Balaban J connectivity index is 1.54. The molecule has 5 nitrogen and oxygen atoms in total. The lowest BCUT2D eigenvalue weighted by molar-refractivity contribution is 0.0915. The van der Waals surface area contributed by atoms with Crippen LogP contribution in [0, 0.1) is 5.92 Å². The summed E-state index contributed by atoms with van der Waals surface area (Å²) in [6, 6.07) is 10.7. The second-order valence-electron chi connectivity index (χ2n) is 5.65. The topological polar surface area (TPSA) is 76.4 Å². The molecule has 1 aromatic heterocycles. The van der Waals surface area contributed by atoms with Gasteiger partial charge in [0.1, 0.15) is 0 Å². The van der Waals surface area contributed by atoms with Crippen molar-refractivity contribution in [3.05, 3.63) is 47.2 Å². The first-order valence-corrected chi connectivity index (χ1v) is 10.4. The number of halogens is 1. The van der Waals surface area contributed by atoms with E-state index < -0.39 is 9.84 Å². The number of carbonyl (C=O) groups excluding carboxylic acids is 1. The van der Waals surface area contributed by atoms with Gasteiger partial charge in [0, 0.05) is 16.5 Å². The fourth-order valence-electron chi connectivity index (χ4n) is 2.47. The summed E-state index contributed by atoms with van der Waals surface area (Å²) in [6.07, 6.45) is 0.596. The SMILES string of the molecule is O=C(NC[C@H]1CCS(=O)(=O)C1)c1ccc(Sc2ccc(Cl)cc2)o1. The number of benzene rings is 1. The predicted molar refractivity (Wildman–Crippen MR) is 93.4 cm³/mol. The van der Waals surface area contributed by atoms with Gasteiger partial charge in [-0.05, 0) is 48.7 Å². The van der Waals surface area contributed by atoms with Gasteiger partial charge in [0.2, 0.25) is 0 Å². The number of rotatable bonds is 5. The van der Waals surface area contributed by atoms with Crippen LogP contribution in [0.15, 0.2) is 50.8 Å². The quantitative estimate of drug-likeness (QED) is 0.854. The van der Waals surface area contributed by atoms with Crippen LogP contribution >= 0.6 is 23.4 Å². The van der Waals surface area contributed by atoms with Crippen molar-refractivity contribution in [2.75, 3.05) is 18.1 Å². The van der Waals surface area contributed by atoms with Crippen LogP contribution in [0.1, 0.15) is 17.0 Å². The van der Waals surface area contributed by atoms with Gasteiger partial charge in [-0.2, -0.15) is 0 Å². The molecule has 2 aromatic rings. The van der Waals surface area contributed by atoms with Crippen LogP contribution in [0.5, 0.6) is 0 Å². The van der Waals surface area contributed by atoms with E-state index in [0.717, 1.165) is 4.90 Å². The lowest BCUT2D eigenvalue weighted by Crippen LogP contribution is -2.29. The number of amides is 1. The first-order chi connectivity index (χ1) is 11.4. The fourth-order valence-corrected chi connectivity index (χ4v) is 5.23. The van der Waals surface area contributed by atoms with E-state index in [9.17, 15) is 13.2 Å². The third kappa shape index (κ3) is 4.55. The maximum absolute atomic E-state index is 12.1. The van der Waals surface area contributed by atoms with E-state index in [1.165, 1.54) is 11.8 Å². The van der Waals surface area contributed by atoms with Gasteiger partial charge in [-0.15, -0.1) is 0 Å². The standard InChI is InChI=1S/C16H16ClNO4S2/c17-12-1-3-13(4-2-12)23-15-6-5-14(22-15)16(19)18-9-11-7-8-24(20,21)10-11/h1-6,11H,7-10H2,(H,18,19)/t11-/m1/s1. The Kier molecular flexibility index (Phi) is 5.22. The van der Waals surface area contributed by atoms with Crippen molar-refractivity contribution in [1.82, 2.24) is 5.32 Å². The Morgan fingerprint density at radius 1 is 1.25 bits per heavy atom. The first kappa shape index (κ1) is 17.4. The molecule has 1 saturated heterocycles. The molecule has 0 radical (unpaired) electrons. The average Bonchev–Trinajstić information content (AvgIpc) is 3.14. The smallest absolute Gasteiger partial charge is 0.287 e. The van der Waals surface area contributed by atoms with Gasteiger partial charge in [-0.3, -0.25) is 4.79 Å². The van der Waals surface area contributed by atoms with E-state index in [0.29, 0.717) is 23.1 Å². The average molecular weight is 386 g/mol. The monoisotopic (exact) mass is 385 g/mol. The molecule has 1 atom stereocenters. The highest BCUT2D eigenvalue weighted by molar-refractivity contribution is 7.99. The first-order valence-electron chi connectivity index (χ1n) is 7.43. The number of hydrogen-bond acceptors (Lipinski definition) is 5. The molecular formula is C16H16ClNO4S2. The Bertz CT molecular complexity index is 830. The summed E-state index contributed by atoms with van der Waals surface area (Å²) in [5, 5.41) is 4.00. The zero-order valence-electron chi connectivity index (χ0n) is 12.7. The molecule has 24 heavy (non-hydrogen) atoms. The van der Waals surface area contributed by atoms with Crippen molar-refractivity contribution in [3.8, 4) is 0 Å². The molecule has 1 N–H and O–H groups in total. The molecule has 1 amide bonds. The van der Waals surface area contributed by atoms with Crippen LogP contribution in [-0.4, -0.2) is 32.4 Å². The molecular weight excluding hydrogens is 370 g/mol. The maximum atomic E-state index is 12.1. The van der Waals surface area contributed by atoms with Gasteiger partial charge in [-0.25, -0.2) is 8.42 Å². The molecule has 0 saturated carbocycles. The Labute approximate surface area is 149 Å². The molecule has 0 unspecified atom stereocenters. The summed E-state index contributed by atoms with van der Waals surface area (Å²) in [5.74, 6) is 0.214. The summed E-state index contributed by atoms with van der Waals surface area (Å²) in [5.41, 5.74) is 0. The van der Waals surface area contributed by atoms with Crippen molar-refractivity contribution in [3.63, 3.8) is 0 Å². The number of carbonyl (C=O) groups is 1.